The molecule has 0 unspecified atom stereocenters. The van der Waals surface area contributed by atoms with E-state index in [0.29, 0.717) is 11.8 Å². The molecule has 0 aromatic heterocycles. The fraction of sp³-hybridized carbons (Fsp3) is 0.250. The van der Waals surface area contributed by atoms with Crippen molar-refractivity contribution >= 4 is 27.5 Å². The molecule has 0 nitrogen and oxygen atoms in total. The van der Waals surface area contributed by atoms with Gasteiger partial charge in [0.05, 0.1) is 5.02 Å². The summed E-state index contributed by atoms with van der Waals surface area (Å²) in [6.45, 7) is 0. The summed E-state index contributed by atoms with van der Waals surface area (Å²) < 4.78 is 25.7. The van der Waals surface area contributed by atoms with Gasteiger partial charge < -0.3 is 0 Å². The fourth-order valence-electron chi connectivity index (χ4n) is 0.893. The van der Waals surface area contributed by atoms with Crippen LogP contribution in [0.2, 0.25) is 5.02 Å². The Balaban J connectivity index is 3.14. The Morgan fingerprint density at radius 3 is 2.42 bits per heavy atom. The fourth-order valence-corrected chi connectivity index (χ4v) is 1.54. The minimum Gasteiger partial charge on any atom is -0.207 e. The van der Waals surface area contributed by atoms with Crippen LogP contribution >= 0.6 is 27.5 Å². The van der Waals surface area contributed by atoms with E-state index in [2.05, 4.69) is 15.9 Å². The summed E-state index contributed by atoms with van der Waals surface area (Å²) in [5, 5.41) is 0.446. The first kappa shape index (κ1) is 9.93. The monoisotopic (exact) mass is 254 g/mol. The lowest BCUT2D eigenvalue weighted by Gasteiger charge is -2.03. The van der Waals surface area contributed by atoms with Crippen LogP contribution in [0.4, 0.5) is 8.78 Å². The van der Waals surface area contributed by atoms with Crippen LogP contribution in [-0.2, 0) is 6.42 Å². The minimum absolute atomic E-state index is 0.116. The largest absolute Gasteiger partial charge is 0.207 e. The van der Waals surface area contributed by atoms with Crippen molar-refractivity contribution in [2.75, 3.05) is 5.33 Å². The molecule has 0 saturated heterocycles. The SMILES string of the molecule is Fc1ccc(F)c(CCBr)c1Cl. The van der Waals surface area contributed by atoms with Gasteiger partial charge in [0.1, 0.15) is 11.6 Å². The zero-order chi connectivity index (χ0) is 9.14. The van der Waals surface area contributed by atoms with Crippen molar-refractivity contribution in [3.63, 3.8) is 0 Å². The van der Waals surface area contributed by atoms with Crippen LogP contribution in [0.1, 0.15) is 5.56 Å². The summed E-state index contributed by atoms with van der Waals surface area (Å²) in [5.41, 5.74) is 0.230. The van der Waals surface area contributed by atoms with Crippen molar-refractivity contribution in [2.45, 2.75) is 6.42 Å². The minimum atomic E-state index is -0.575. The summed E-state index contributed by atoms with van der Waals surface area (Å²) in [4.78, 5) is 0. The number of alkyl halides is 1. The van der Waals surface area contributed by atoms with Gasteiger partial charge in [-0.3, -0.25) is 0 Å². The summed E-state index contributed by atoms with van der Waals surface area (Å²) >= 11 is 8.67. The molecular weight excluding hydrogens is 249 g/mol. The Hall–Kier alpha value is -0.150. The topological polar surface area (TPSA) is 0 Å². The molecule has 0 radical (unpaired) electrons. The van der Waals surface area contributed by atoms with Crippen molar-refractivity contribution in [1.29, 1.82) is 0 Å². The van der Waals surface area contributed by atoms with E-state index in [4.69, 9.17) is 11.6 Å². The molecule has 0 atom stereocenters. The molecule has 0 aliphatic rings. The molecule has 12 heavy (non-hydrogen) atoms. The van der Waals surface area contributed by atoms with E-state index in [1.807, 2.05) is 0 Å². The van der Waals surface area contributed by atoms with Gasteiger partial charge in [0, 0.05) is 10.9 Å². The Morgan fingerprint density at radius 1 is 1.25 bits per heavy atom. The maximum absolute atomic E-state index is 12.9. The van der Waals surface area contributed by atoms with Crippen LogP contribution < -0.4 is 0 Å². The third kappa shape index (κ3) is 1.96. The highest BCUT2D eigenvalue weighted by molar-refractivity contribution is 9.09. The quantitative estimate of drug-likeness (QED) is 0.560. The molecule has 4 heteroatoms. The van der Waals surface area contributed by atoms with Gasteiger partial charge in [-0.15, -0.1) is 0 Å². The Bertz CT molecular complexity index is 289. The molecule has 0 aliphatic carbocycles. The van der Waals surface area contributed by atoms with Gasteiger partial charge in [-0.05, 0) is 18.6 Å². The number of rotatable bonds is 2. The van der Waals surface area contributed by atoms with Crippen LogP contribution in [0.15, 0.2) is 12.1 Å². The molecule has 0 bridgehead atoms. The number of halogens is 4. The van der Waals surface area contributed by atoms with Crippen LogP contribution in [0.3, 0.4) is 0 Å². The van der Waals surface area contributed by atoms with E-state index < -0.39 is 11.6 Å². The highest BCUT2D eigenvalue weighted by Gasteiger charge is 2.10. The molecule has 66 valence electrons. The molecule has 0 fully saturated rings. The van der Waals surface area contributed by atoms with Gasteiger partial charge in [0.15, 0.2) is 0 Å². The van der Waals surface area contributed by atoms with Gasteiger partial charge in [-0.2, -0.15) is 0 Å². The normalized spacial score (nSPS) is 10.3. The molecule has 0 heterocycles. The molecule has 1 rings (SSSR count). The highest BCUT2D eigenvalue weighted by atomic mass is 79.9. The van der Waals surface area contributed by atoms with Gasteiger partial charge in [-0.25, -0.2) is 8.78 Å². The molecule has 0 spiro atoms. The van der Waals surface area contributed by atoms with Crippen LogP contribution in [0, 0.1) is 11.6 Å². The van der Waals surface area contributed by atoms with Gasteiger partial charge in [0.25, 0.3) is 0 Å². The summed E-state index contributed by atoms with van der Waals surface area (Å²) in [7, 11) is 0. The van der Waals surface area contributed by atoms with E-state index in [1.54, 1.807) is 0 Å². The average Bonchev–Trinajstić information content (AvgIpc) is 2.06. The predicted molar refractivity (Wildman–Crippen MR) is 48.9 cm³/mol. The van der Waals surface area contributed by atoms with E-state index >= 15 is 0 Å². The van der Waals surface area contributed by atoms with Crippen LogP contribution in [-0.4, -0.2) is 5.33 Å². The lowest BCUT2D eigenvalue weighted by atomic mass is 10.1. The maximum atomic E-state index is 12.9. The standard InChI is InChI=1S/C8H6BrClF2/c9-4-3-5-6(11)1-2-7(12)8(5)10/h1-2H,3-4H2. The third-order valence-electron chi connectivity index (χ3n) is 1.48. The maximum Gasteiger partial charge on any atom is 0.142 e. The Morgan fingerprint density at radius 2 is 1.83 bits per heavy atom. The predicted octanol–water partition coefficient (Wildman–Crippen LogP) is 3.56. The lowest BCUT2D eigenvalue weighted by Crippen LogP contribution is -1.95. The van der Waals surface area contributed by atoms with E-state index in [1.165, 1.54) is 0 Å². The second-order valence-electron chi connectivity index (χ2n) is 2.26. The number of benzene rings is 1. The summed E-state index contributed by atoms with van der Waals surface area (Å²) in [5.74, 6) is -1.03. The Kier molecular flexibility index (Phi) is 3.47. The first-order chi connectivity index (χ1) is 5.66. The van der Waals surface area contributed by atoms with Crippen molar-refractivity contribution < 1.29 is 8.78 Å². The molecular formula is C8H6BrClF2. The summed E-state index contributed by atoms with van der Waals surface area (Å²) in [6, 6.07) is 2.11. The van der Waals surface area contributed by atoms with E-state index in [-0.39, 0.29) is 10.6 Å². The zero-order valence-corrected chi connectivity index (χ0v) is 8.42. The van der Waals surface area contributed by atoms with Gasteiger partial charge >= 0.3 is 0 Å². The van der Waals surface area contributed by atoms with E-state index in [0.717, 1.165) is 12.1 Å². The third-order valence-corrected chi connectivity index (χ3v) is 2.29. The molecule has 0 amide bonds. The van der Waals surface area contributed by atoms with Crippen molar-refractivity contribution in [3.05, 3.63) is 34.4 Å². The molecule has 0 saturated carbocycles. The van der Waals surface area contributed by atoms with Gasteiger partial charge in [0.2, 0.25) is 0 Å². The number of hydrogen-bond donors (Lipinski definition) is 0. The molecule has 1 aromatic rings. The highest BCUT2D eigenvalue weighted by Crippen LogP contribution is 2.23. The first-order valence-corrected chi connectivity index (χ1v) is 4.85. The lowest BCUT2D eigenvalue weighted by molar-refractivity contribution is 0.588. The Labute approximate surface area is 82.7 Å². The van der Waals surface area contributed by atoms with Gasteiger partial charge in [-0.1, -0.05) is 27.5 Å². The molecule has 0 aliphatic heterocycles. The van der Waals surface area contributed by atoms with Crippen LogP contribution in [0.25, 0.3) is 0 Å². The average molecular weight is 255 g/mol. The second kappa shape index (κ2) is 4.19. The zero-order valence-electron chi connectivity index (χ0n) is 6.08. The molecule has 1 aromatic carbocycles. The van der Waals surface area contributed by atoms with Crippen molar-refractivity contribution in [1.82, 2.24) is 0 Å². The smallest absolute Gasteiger partial charge is 0.142 e. The second-order valence-corrected chi connectivity index (χ2v) is 3.43. The molecule has 0 N–H and O–H groups in total. The van der Waals surface area contributed by atoms with Crippen molar-refractivity contribution in [3.8, 4) is 0 Å². The van der Waals surface area contributed by atoms with Crippen LogP contribution in [0.5, 0.6) is 0 Å². The van der Waals surface area contributed by atoms with Crippen molar-refractivity contribution in [2.24, 2.45) is 0 Å². The number of hydrogen-bond acceptors (Lipinski definition) is 0. The first-order valence-electron chi connectivity index (χ1n) is 3.35. The van der Waals surface area contributed by atoms with E-state index in [9.17, 15) is 8.78 Å². The summed E-state index contributed by atoms with van der Waals surface area (Å²) in [6.07, 6.45) is 0.391.